The average molecular weight is 301 g/mol. The first-order valence-corrected chi connectivity index (χ1v) is 7.03. The van der Waals surface area contributed by atoms with Gasteiger partial charge in [-0.1, -0.05) is 48.9 Å². The summed E-state index contributed by atoms with van der Waals surface area (Å²) in [6.07, 6.45) is 0.573. The first-order valence-electron chi connectivity index (χ1n) is 6.65. The highest BCUT2D eigenvalue weighted by Crippen LogP contribution is 2.36. The summed E-state index contributed by atoms with van der Waals surface area (Å²) in [5.41, 5.74) is 3.09. The van der Waals surface area contributed by atoms with Gasteiger partial charge < -0.3 is 9.52 Å². The van der Waals surface area contributed by atoms with Crippen molar-refractivity contribution in [3.8, 4) is 11.1 Å². The number of carbonyl (C=O) groups is 1. The van der Waals surface area contributed by atoms with Gasteiger partial charge in [-0.15, -0.1) is 0 Å². The van der Waals surface area contributed by atoms with Gasteiger partial charge in [-0.05, 0) is 29.7 Å². The molecule has 0 unspecified atom stereocenters. The molecule has 3 rings (SSSR count). The molecule has 0 saturated heterocycles. The van der Waals surface area contributed by atoms with E-state index in [1.165, 1.54) is 0 Å². The Hall–Kier alpha value is -2.26. The van der Waals surface area contributed by atoms with Crippen LogP contribution in [0, 0.1) is 0 Å². The van der Waals surface area contributed by atoms with Gasteiger partial charge in [0.05, 0.1) is 5.02 Å². The Morgan fingerprint density at radius 2 is 1.90 bits per heavy atom. The second-order valence-electron chi connectivity index (χ2n) is 4.77. The summed E-state index contributed by atoms with van der Waals surface area (Å²) in [6.45, 7) is 1.90. The second-order valence-corrected chi connectivity index (χ2v) is 5.18. The van der Waals surface area contributed by atoms with Gasteiger partial charge in [0, 0.05) is 10.9 Å². The maximum atomic E-state index is 11.3. The number of aromatic carboxylic acids is 1. The largest absolute Gasteiger partial charge is 0.475 e. The molecule has 3 nitrogen and oxygen atoms in total. The summed E-state index contributed by atoms with van der Waals surface area (Å²) in [7, 11) is 0. The molecule has 0 atom stereocenters. The molecule has 0 aliphatic rings. The topological polar surface area (TPSA) is 50.4 Å². The van der Waals surface area contributed by atoms with Gasteiger partial charge in [-0.3, -0.25) is 0 Å². The number of hydrogen-bond donors (Lipinski definition) is 1. The summed E-state index contributed by atoms with van der Waals surface area (Å²) in [5, 5.41) is 10.4. The van der Waals surface area contributed by atoms with E-state index in [1.54, 1.807) is 6.07 Å². The SMILES string of the molecule is CCc1c(C(=O)O)oc2c(Cl)cc(-c3ccccc3)cc12. The van der Waals surface area contributed by atoms with Crippen LogP contribution in [0.25, 0.3) is 22.1 Å². The molecule has 0 amide bonds. The highest BCUT2D eigenvalue weighted by molar-refractivity contribution is 6.35. The lowest BCUT2D eigenvalue weighted by Crippen LogP contribution is -1.97. The van der Waals surface area contributed by atoms with Crippen LogP contribution in [0.1, 0.15) is 23.0 Å². The van der Waals surface area contributed by atoms with Gasteiger partial charge in [0.25, 0.3) is 0 Å². The quantitative estimate of drug-likeness (QED) is 0.739. The zero-order valence-electron chi connectivity index (χ0n) is 11.4. The van der Waals surface area contributed by atoms with Crippen molar-refractivity contribution in [3.05, 3.63) is 58.8 Å². The van der Waals surface area contributed by atoms with Crippen LogP contribution in [0.4, 0.5) is 0 Å². The van der Waals surface area contributed by atoms with E-state index in [-0.39, 0.29) is 5.76 Å². The number of carboxylic acid groups (broad SMARTS) is 1. The van der Waals surface area contributed by atoms with Crippen molar-refractivity contribution in [3.63, 3.8) is 0 Å². The lowest BCUT2D eigenvalue weighted by molar-refractivity contribution is 0.0663. The minimum atomic E-state index is -1.07. The van der Waals surface area contributed by atoms with Gasteiger partial charge >= 0.3 is 5.97 Å². The molecular weight excluding hydrogens is 288 g/mol. The normalized spacial score (nSPS) is 11.0. The lowest BCUT2D eigenvalue weighted by Gasteiger charge is -2.03. The second kappa shape index (κ2) is 5.26. The van der Waals surface area contributed by atoms with Gasteiger partial charge in [-0.25, -0.2) is 4.79 Å². The van der Waals surface area contributed by atoms with E-state index in [4.69, 9.17) is 16.0 Å². The highest BCUT2D eigenvalue weighted by Gasteiger charge is 2.21. The average Bonchev–Trinajstić information content (AvgIpc) is 2.87. The summed E-state index contributed by atoms with van der Waals surface area (Å²) in [6, 6.07) is 13.6. The third-order valence-electron chi connectivity index (χ3n) is 3.50. The van der Waals surface area contributed by atoms with Gasteiger partial charge in [-0.2, -0.15) is 0 Å². The third-order valence-corrected chi connectivity index (χ3v) is 3.78. The van der Waals surface area contributed by atoms with Crippen LogP contribution in [0.15, 0.2) is 46.9 Å². The van der Waals surface area contributed by atoms with Gasteiger partial charge in [0.1, 0.15) is 0 Å². The third kappa shape index (κ3) is 2.30. The molecule has 0 fully saturated rings. The Morgan fingerprint density at radius 1 is 1.19 bits per heavy atom. The molecule has 4 heteroatoms. The van der Waals surface area contributed by atoms with E-state index in [9.17, 15) is 9.90 Å². The van der Waals surface area contributed by atoms with Gasteiger partial charge in [0.2, 0.25) is 5.76 Å². The van der Waals surface area contributed by atoms with Crippen LogP contribution in [0.2, 0.25) is 5.02 Å². The first-order chi connectivity index (χ1) is 10.1. The molecule has 0 bridgehead atoms. The first kappa shape index (κ1) is 13.7. The van der Waals surface area contributed by atoms with E-state index in [1.807, 2.05) is 43.3 Å². The summed E-state index contributed by atoms with van der Waals surface area (Å²) < 4.78 is 5.44. The molecule has 3 aromatic rings. The molecule has 1 aromatic heterocycles. The number of halogens is 1. The predicted molar refractivity (Wildman–Crippen MR) is 83.0 cm³/mol. The molecule has 1 heterocycles. The molecule has 21 heavy (non-hydrogen) atoms. The lowest BCUT2D eigenvalue weighted by atomic mass is 10.0. The van der Waals surface area contributed by atoms with Crippen LogP contribution in [-0.4, -0.2) is 11.1 Å². The number of benzene rings is 2. The maximum Gasteiger partial charge on any atom is 0.372 e. The van der Waals surface area contributed by atoms with Crippen LogP contribution < -0.4 is 0 Å². The van der Waals surface area contributed by atoms with Crippen molar-refractivity contribution in [1.82, 2.24) is 0 Å². The van der Waals surface area contributed by atoms with Crippen LogP contribution in [0.3, 0.4) is 0 Å². The number of rotatable bonds is 3. The van der Waals surface area contributed by atoms with Crippen molar-refractivity contribution in [2.24, 2.45) is 0 Å². The highest BCUT2D eigenvalue weighted by atomic mass is 35.5. The van der Waals surface area contributed by atoms with E-state index >= 15 is 0 Å². The van der Waals surface area contributed by atoms with Crippen LogP contribution in [0.5, 0.6) is 0 Å². The Labute approximate surface area is 126 Å². The van der Waals surface area contributed by atoms with E-state index in [2.05, 4.69) is 0 Å². The minimum Gasteiger partial charge on any atom is -0.475 e. The van der Waals surface area contributed by atoms with Gasteiger partial charge in [0.15, 0.2) is 5.58 Å². The number of hydrogen-bond acceptors (Lipinski definition) is 2. The number of furan rings is 1. The molecule has 0 saturated carbocycles. The maximum absolute atomic E-state index is 11.3. The smallest absolute Gasteiger partial charge is 0.372 e. The van der Waals surface area contributed by atoms with Crippen LogP contribution in [-0.2, 0) is 6.42 Å². The summed E-state index contributed by atoms with van der Waals surface area (Å²) in [4.78, 5) is 11.3. The van der Waals surface area contributed by atoms with Crippen molar-refractivity contribution in [2.45, 2.75) is 13.3 Å². The molecule has 0 spiro atoms. The Kier molecular flexibility index (Phi) is 3.43. The molecule has 106 valence electrons. The number of fused-ring (bicyclic) bond motifs is 1. The van der Waals surface area contributed by atoms with Crippen molar-refractivity contribution < 1.29 is 14.3 Å². The fourth-order valence-corrected chi connectivity index (χ4v) is 2.79. The molecule has 0 radical (unpaired) electrons. The molecule has 0 aliphatic heterocycles. The molecule has 1 N–H and O–H groups in total. The monoisotopic (exact) mass is 300 g/mol. The molecule has 0 aliphatic carbocycles. The van der Waals surface area contributed by atoms with Crippen LogP contribution >= 0.6 is 11.6 Å². The number of aryl methyl sites for hydroxylation is 1. The summed E-state index contributed by atoms with van der Waals surface area (Å²) in [5.74, 6) is -1.10. The zero-order chi connectivity index (χ0) is 15.0. The Balaban J connectivity index is 2.30. The zero-order valence-corrected chi connectivity index (χ0v) is 12.1. The van der Waals surface area contributed by atoms with Crippen molar-refractivity contribution in [1.29, 1.82) is 0 Å². The standard InChI is InChI=1S/C17H13ClO3/c1-2-12-13-8-11(10-6-4-3-5-7-10)9-14(18)15(13)21-16(12)17(19)20/h3-9H,2H2,1H3,(H,19,20). The molecular formula is C17H13ClO3. The van der Waals surface area contributed by atoms with Crippen molar-refractivity contribution >= 4 is 28.5 Å². The fourth-order valence-electron chi connectivity index (χ4n) is 2.53. The van der Waals surface area contributed by atoms with E-state index in [0.29, 0.717) is 22.6 Å². The predicted octanol–water partition coefficient (Wildman–Crippen LogP) is 5.01. The van der Waals surface area contributed by atoms with E-state index < -0.39 is 5.97 Å². The fraction of sp³-hybridized carbons (Fsp3) is 0.118. The number of carboxylic acids is 1. The molecule has 2 aromatic carbocycles. The Morgan fingerprint density at radius 3 is 2.52 bits per heavy atom. The summed E-state index contributed by atoms with van der Waals surface area (Å²) >= 11 is 6.27. The van der Waals surface area contributed by atoms with Crippen molar-refractivity contribution in [2.75, 3.05) is 0 Å². The van der Waals surface area contributed by atoms with E-state index in [0.717, 1.165) is 16.5 Å². The Bertz CT molecular complexity index is 819. The minimum absolute atomic E-state index is 0.0281.